The van der Waals surface area contributed by atoms with Crippen LogP contribution in [0.1, 0.15) is 12.5 Å². The fourth-order valence-corrected chi connectivity index (χ4v) is 3.85. The van der Waals surface area contributed by atoms with Gasteiger partial charge in [-0.1, -0.05) is 30.3 Å². The first kappa shape index (κ1) is 20.3. The van der Waals surface area contributed by atoms with Crippen molar-refractivity contribution in [2.45, 2.75) is 13.5 Å². The second kappa shape index (κ2) is 9.05. The van der Waals surface area contributed by atoms with Gasteiger partial charge < -0.3 is 10.1 Å². The molecule has 8 heteroatoms. The molecule has 0 atom stereocenters. The average Bonchev–Trinajstić information content (AvgIpc) is 2.59. The zero-order chi connectivity index (χ0) is 19.2. The molecule has 0 saturated heterocycles. The molecule has 2 aromatic rings. The Morgan fingerprint density at radius 3 is 2.46 bits per heavy atom. The summed E-state index contributed by atoms with van der Waals surface area (Å²) in [6.45, 7) is 2.35. The molecule has 140 valence electrons. The maximum atomic E-state index is 12.4. The molecule has 0 unspecified atom stereocenters. The minimum absolute atomic E-state index is 0.253. The minimum Gasteiger partial charge on any atom is -0.494 e. The van der Waals surface area contributed by atoms with Crippen molar-refractivity contribution in [1.29, 1.82) is 0 Å². The van der Waals surface area contributed by atoms with Crippen LogP contribution >= 0.6 is 15.9 Å². The third-order valence-electron chi connectivity index (χ3n) is 3.56. The normalized spacial score (nSPS) is 11.0. The van der Waals surface area contributed by atoms with Gasteiger partial charge in [0.05, 0.1) is 18.6 Å². The molecule has 1 N–H and O–H groups in total. The van der Waals surface area contributed by atoms with Crippen molar-refractivity contribution in [3.05, 3.63) is 58.6 Å². The Morgan fingerprint density at radius 2 is 1.81 bits per heavy atom. The van der Waals surface area contributed by atoms with E-state index < -0.39 is 15.9 Å². The van der Waals surface area contributed by atoms with Crippen molar-refractivity contribution in [2.75, 3.05) is 23.7 Å². The van der Waals surface area contributed by atoms with Crippen molar-refractivity contribution >= 4 is 37.5 Å². The summed E-state index contributed by atoms with van der Waals surface area (Å²) in [5, 5.41) is 2.75. The predicted octanol–water partition coefficient (Wildman–Crippen LogP) is 2.93. The number of hydrogen-bond acceptors (Lipinski definition) is 4. The van der Waals surface area contributed by atoms with Crippen molar-refractivity contribution in [2.24, 2.45) is 0 Å². The number of carbonyl (C=O) groups excluding carboxylic acids is 1. The van der Waals surface area contributed by atoms with Gasteiger partial charge in [-0.3, -0.25) is 9.10 Å². The maximum Gasteiger partial charge on any atom is 0.241 e. The molecule has 0 aliphatic carbocycles. The summed E-state index contributed by atoms with van der Waals surface area (Å²) < 4.78 is 31.5. The topological polar surface area (TPSA) is 75.7 Å². The van der Waals surface area contributed by atoms with E-state index in [2.05, 4.69) is 21.2 Å². The molecule has 0 aliphatic heterocycles. The summed E-state index contributed by atoms with van der Waals surface area (Å²) in [5.41, 5.74) is 1.24. The number of anilines is 1. The van der Waals surface area contributed by atoms with Crippen LogP contribution in [0.5, 0.6) is 5.75 Å². The van der Waals surface area contributed by atoms with E-state index in [0.717, 1.165) is 16.1 Å². The quantitative estimate of drug-likeness (QED) is 0.684. The molecule has 0 spiro atoms. The van der Waals surface area contributed by atoms with Crippen LogP contribution in [-0.2, 0) is 21.4 Å². The van der Waals surface area contributed by atoms with Gasteiger partial charge in [-0.25, -0.2) is 8.42 Å². The summed E-state index contributed by atoms with van der Waals surface area (Å²) in [6.07, 6.45) is 1.07. The van der Waals surface area contributed by atoms with E-state index in [1.165, 1.54) is 0 Å². The van der Waals surface area contributed by atoms with Crippen molar-refractivity contribution in [3.8, 4) is 5.75 Å². The molecule has 1 amide bonds. The number of sulfonamides is 1. The minimum atomic E-state index is -3.62. The standard InChI is InChI=1S/C18H21BrN2O4S/c1-3-25-17-11-7-4-8-14(17)12-20-18(22)13-21(26(2,23)24)16-10-6-5-9-15(16)19/h4-11H,3,12-13H2,1-2H3,(H,20,22). The molecule has 0 aromatic heterocycles. The van der Waals surface area contributed by atoms with Crippen LogP contribution in [0.3, 0.4) is 0 Å². The number of rotatable bonds is 8. The molecule has 0 aliphatic rings. The fraction of sp³-hybridized carbons (Fsp3) is 0.278. The van der Waals surface area contributed by atoms with Gasteiger partial charge in [-0.2, -0.15) is 0 Å². The van der Waals surface area contributed by atoms with Crippen LogP contribution < -0.4 is 14.4 Å². The highest BCUT2D eigenvalue weighted by atomic mass is 79.9. The van der Waals surface area contributed by atoms with Gasteiger partial charge >= 0.3 is 0 Å². The number of hydrogen-bond donors (Lipinski definition) is 1. The lowest BCUT2D eigenvalue weighted by Crippen LogP contribution is -2.40. The third-order valence-corrected chi connectivity index (χ3v) is 5.35. The van der Waals surface area contributed by atoms with Crippen molar-refractivity contribution in [3.63, 3.8) is 0 Å². The number of carbonyl (C=O) groups is 1. The lowest BCUT2D eigenvalue weighted by atomic mass is 10.2. The second-order valence-electron chi connectivity index (χ2n) is 5.54. The van der Waals surface area contributed by atoms with Gasteiger partial charge in [-0.15, -0.1) is 0 Å². The first-order chi connectivity index (χ1) is 12.3. The summed E-state index contributed by atoms with van der Waals surface area (Å²) in [6, 6.07) is 14.3. The number of nitrogens with zero attached hydrogens (tertiary/aromatic N) is 1. The molecule has 0 fully saturated rings. The van der Waals surface area contributed by atoms with Crippen molar-refractivity contribution < 1.29 is 17.9 Å². The third kappa shape index (κ3) is 5.47. The molecule has 0 heterocycles. The first-order valence-electron chi connectivity index (χ1n) is 8.02. The summed E-state index contributed by atoms with van der Waals surface area (Å²) >= 11 is 3.33. The van der Waals surface area contributed by atoms with E-state index in [1.54, 1.807) is 24.3 Å². The zero-order valence-corrected chi connectivity index (χ0v) is 17.0. The highest BCUT2D eigenvalue weighted by Crippen LogP contribution is 2.27. The molecule has 6 nitrogen and oxygen atoms in total. The predicted molar refractivity (Wildman–Crippen MR) is 106 cm³/mol. The Hall–Kier alpha value is -2.06. The second-order valence-corrected chi connectivity index (χ2v) is 8.30. The SMILES string of the molecule is CCOc1ccccc1CNC(=O)CN(c1ccccc1Br)S(C)(=O)=O. The van der Waals surface area contributed by atoms with Gasteiger partial charge in [-0.05, 0) is 41.1 Å². The van der Waals surface area contributed by atoms with E-state index in [9.17, 15) is 13.2 Å². The Labute approximate surface area is 162 Å². The van der Waals surface area contributed by atoms with Gasteiger partial charge in [0.25, 0.3) is 0 Å². The van der Waals surface area contributed by atoms with Gasteiger partial charge in [0, 0.05) is 16.6 Å². The molecular weight excluding hydrogens is 420 g/mol. The summed E-state index contributed by atoms with van der Waals surface area (Å²) in [5.74, 6) is 0.290. The molecule has 2 rings (SSSR count). The molecule has 0 saturated carbocycles. The Kier molecular flexibility index (Phi) is 7.05. The smallest absolute Gasteiger partial charge is 0.241 e. The van der Waals surface area contributed by atoms with Crippen LogP contribution in [0.2, 0.25) is 0 Å². The average molecular weight is 441 g/mol. The molecule has 0 radical (unpaired) electrons. The number of benzene rings is 2. The number of halogens is 1. The maximum absolute atomic E-state index is 12.4. The largest absolute Gasteiger partial charge is 0.494 e. The van der Waals surface area contributed by atoms with E-state index in [0.29, 0.717) is 22.5 Å². The van der Waals surface area contributed by atoms with Crippen LogP contribution in [0.4, 0.5) is 5.69 Å². The monoisotopic (exact) mass is 440 g/mol. The van der Waals surface area contributed by atoms with Crippen molar-refractivity contribution in [1.82, 2.24) is 5.32 Å². The summed E-state index contributed by atoms with van der Waals surface area (Å²) in [7, 11) is -3.62. The van der Waals surface area contributed by atoms with Crippen LogP contribution in [0.15, 0.2) is 53.0 Å². The van der Waals surface area contributed by atoms with Crippen LogP contribution in [-0.4, -0.2) is 33.7 Å². The van der Waals surface area contributed by atoms with E-state index in [-0.39, 0.29) is 13.1 Å². The molecule has 26 heavy (non-hydrogen) atoms. The lowest BCUT2D eigenvalue weighted by molar-refractivity contribution is -0.119. The highest BCUT2D eigenvalue weighted by molar-refractivity contribution is 9.10. The molecule has 2 aromatic carbocycles. The van der Waals surface area contributed by atoms with E-state index in [4.69, 9.17) is 4.74 Å². The van der Waals surface area contributed by atoms with Gasteiger partial charge in [0.1, 0.15) is 12.3 Å². The highest BCUT2D eigenvalue weighted by Gasteiger charge is 2.22. The number of amides is 1. The van der Waals surface area contributed by atoms with E-state index >= 15 is 0 Å². The van der Waals surface area contributed by atoms with Crippen LogP contribution in [0, 0.1) is 0 Å². The molecular formula is C18H21BrN2O4S. The molecule has 0 bridgehead atoms. The van der Waals surface area contributed by atoms with Crippen LogP contribution in [0.25, 0.3) is 0 Å². The van der Waals surface area contributed by atoms with E-state index in [1.807, 2.05) is 31.2 Å². The number of para-hydroxylation sites is 2. The Bertz CT molecular complexity index is 871. The Morgan fingerprint density at radius 1 is 1.15 bits per heavy atom. The number of ether oxygens (including phenoxy) is 1. The van der Waals surface area contributed by atoms with Gasteiger partial charge in [0.2, 0.25) is 15.9 Å². The summed E-state index contributed by atoms with van der Waals surface area (Å²) in [4.78, 5) is 12.4. The first-order valence-corrected chi connectivity index (χ1v) is 10.7. The zero-order valence-electron chi connectivity index (χ0n) is 14.6. The van der Waals surface area contributed by atoms with Gasteiger partial charge in [0.15, 0.2) is 0 Å². The fourth-order valence-electron chi connectivity index (χ4n) is 2.36. The Balaban J connectivity index is 2.11. The number of nitrogens with one attached hydrogen (secondary N) is 1. The lowest BCUT2D eigenvalue weighted by Gasteiger charge is -2.23.